The van der Waals surface area contributed by atoms with Gasteiger partial charge in [0.05, 0.1) is 13.2 Å². The molecule has 2 unspecified atom stereocenters. The number of nitrogens with one attached hydrogen (secondary N) is 1. The van der Waals surface area contributed by atoms with Crippen molar-refractivity contribution in [2.45, 2.75) is 25.9 Å². The largest absolute Gasteiger partial charge is 0.496 e. The Bertz CT molecular complexity index is 446. The lowest BCUT2D eigenvalue weighted by molar-refractivity contribution is -0.139. The van der Waals surface area contributed by atoms with Gasteiger partial charge in [0.2, 0.25) is 0 Å². The van der Waals surface area contributed by atoms with Crippen molar-refractivity contribution in [3.8, 4) is 5.75 Å². The molecule has 100 valence electrons. The van der Waals surface area contributed by atoms with E-state index in [0.717, 1.165) is 16.7 Å². The summed E-state index contributed by atoms with van der Waals surface area (Å²) in [5.74, 6) is -0.368. The minimum absolute atomic E-state index is 0.490. The van der Waals surface area contributed by atoms with Gasteiger partial charge in [-0.25, -0.2) is 0 Å². The highest BCUT2D eigenvalue weighted by molar-refractivity contribution is 5.75. The van der Waals surface area contributed by atoms with Crippen LogP contribution in [0.15, 0.2) is 12.1 Å². The Labute approximate surface area is 107 Å². The van der Waals surface area contributed by atoms with Crippen LogP contribution >= 0.6 is 0 Å². The summed E-state index contributed by atoms with van der Waals surface area (Å²) >= 11 is 0. The first kappa shape index (κ1) is 14.5. The van der Waals surface area contributed by atoms with Crippen molar-refractivity contribution in [2.75, 3.05) is 14.2 Å². The van der Waals surface area contributed by atoms with Crippen LogP contribution in [0.5, 0.6) is 5.75 Å². The lowest BCUT2D eigenvalue weighted by Crippen LogP contribution is -2.42. The molecule has 1 aromatic rings. The SMILES string of the molecule is CNC(c1cc(C)cc(C)c1OC)C(N)C(=O)O. The number of aliphatic carboxylic acids is 1. The second-order valence-electron chi connectivity index (χ2n) is 4.33. The van der Waals surface area contributed by atoms with Gasteiger partial charge < -0.3 is 20.9 Å². The summed E-state index contributed by atoms with van der Waals surface area (Å²) in [7, 11) is 3.25. The quantitative estimate of drug-likeness (QED) is 0.727. The molecule has 0 saturated heterocycles. The lowest BCUT2D eigenvalue weighted by Gasteiger charge is -2.24. The van der Waals surface area contributed by atoms with Crippen molar-refractivity contribution in [1.29, 1.82) is 0 Å². The smallest absolute Gasteiger partial charge is 0.322 e. The molecule has 18 heavy (non-hydrogen) atoms. The number of aryl methyl sites for hydroxylation is 2. The fraction of sp³-hybridized carbons (Fsp3) is 0.462. The zero-order valence-corrected chi connectivity index (χ0v) is 11.2. The van der Waals surface area contributed by atoms with Crippen molar-refractivity contribution in [2.24, 2.45) is 5.73 Å². The van der Waals surface area contributed by atoms with Crippen LogP contribution < -0.4 is 15.8 Å². The molecule has 5 nitrogen and oxygen atoms in total. The zero-order valence-electron chi connectivity index (χ0n) is 11.2. The van der Waals surface area contributed by atoms with Gasteiger partial charge in [-0.2, -0.15) is 0 Å². The van der Waals surface area contributed by atoms with E-state index in [1.54, 1.807) is 14.2 Å². The first-order valence-corrected chi connectivity index (χ1v) is 5.73. The Hall–Kier alpha value is -1.59. The summed E-state index contributed by atoms with van der Waals surface area (Å²) in [6.07, 6.45) is 0. The molecule has 0 amide bonds. The molecule has 0 aromatic heterocycles. The predicted octanol–water partition coefficient (Wildman–Crippen LogP) is 0.984. The maximum absolute atomic E-state index is 11.0. The van der Waals surface area contributed by atoms with E-state index in [4.69, 9.17) is 15.6 Å². The number of hydrogen-bond acceptors (Lipinski definition) is 4. The summed E-state index contributed by atoms with van der Waals surface area (Å²) in [5, 5.41) is 12.0. The second kappa shape index (κ2) is 5.84. The summed E-state index contributed by atoms with van der Waals surface area (Å²) in [6.45, 7) is 3.88. The summed E-state index contributed by atoms with van der Waals surface area (Å²) in [5.41, 5.74) is 8.49. The third-order valence-electron chi connectivity index (χ3n) is 2.94. The number of nitrogens with two attached hydrogens (primary N) is 1. The number of carbonyl (C=O) groups is 1. The highest BCUT2D eigenvalue weighted by Gasteiger charge is 2.27. The Morgan fingerprint density at radius 2 is 2.06 bits per heavy atom. The molecule has 0 radical (unpaired) electrons. The van der Waals surface area contributed by atoms with Crippen LogP contribution in [0.1, 0.15) is 22.7 Å². The number of carboxylic acid groups (broad SMARTS) is 1. The first-order chi connectivity index (χ1) is 8.42. The predicted molar refractivity (Wildman–Crippen MR) is 69.9 cm³/mol. The van der Waals surface area contributed by atoms with E-state index in [0.29, 0.717) is 5.75 Å². The molecular weight excluding hydrogens is 232 g/mol. The van der Waals surface area contributed by atoms with Gasteiger partial charge in [0.15, 0.2) is 0 Å². The maximum Gasteiger partial charge on any atom is 0.322 e. The number of methoxy groups -OCH3 is 1. The van der Waals surface area contributed by atoms with Crippen molar-refractivity contribution >= 4 is 5.97 Å². The molecular formula is C13H20N2O3. The normalized spacial score (nSPS) is 14.1. The van der Waals surface area contributed by atoms with Crippen LogP contribution in [-0.2, 0) is 4.79 Å². The van der Waals surface area contributed by atoms with Crippen LogP contribution in [0.3, 0.4) is 0 Å². The van der Waals surface area contributed by atoms with E-state index in [9.17, 15) is 4.79 Å². The molecule has 0 aliphatic carbocycles. The number of likely N-dealkylation sites (N-methyl/N-ethyl adjacent to an activating group) is 1. The highest BCUT2D eigenvalue weighted by atomic mass is 16.5. The van der Waals surface area contributed by atoms with Crippen molar-refractivity contribution in [3.63, 3.8) is 0 Å². The second-order valence-corrected chi connectivity index (χ2v) is 4.33. The van der Waals surface area contributed by atoms with Gasteiger partial charge in [-0.05, 0) is 26.5 Å². The molecule has 0 aliphatic heterocycles. The van der Waals surface area contributed by atoms with Crippen molar-refractivity contribution in [1.82, 2.24) is 5.32 Å². The van der Waals surface area contributed by atoms with E-state index in [1.807, 2.05) is 26.0 Å². The Morgan fingerprint density at radius 1 is 1.44 bits per heavy atom. The highest BCUT2D eigenvalue weighted by Crippen LogP contribution is 2.31. The molecule has 0 spiro atoms. The first-order valence-electron chi connectivity index (χ1n) is 5.73. The van der Waals surface area contributed by atoms with Crippen molar-refractivity contribution in [3.05, 3.63) is 28.8 Å². The number of benzene rings is 1. The molecule has 4 N–H and O–H groups in total. The summed E-state index contributed by atoms with van der Waals surface area (Å²) in [6, 6.07) is 2.37. The summed E-state index contributed by atoms with van der Waals surface area (Å²) < 4.78 is 5.36. The molecule has 1 aromatic carbocycles. The maximum atomic E-state index is 11.0. The molecule has 0 heterocycles. The number of rotatable bonds is 5. The van der Waals surface area contributed by atoms with Gasteiger partial charge in [-0.15, -0.1) is 0 Å². The fourth-order valence-electron chi connectivity index (χ4n) is 2.17. The Kier molecular flexibility index (Phi) is 4.69. The van der Waals surface area contributed by atoms with Gasteiger partial charge in [0, 0.05) is 5.56 Å². The average Bonchev–Trinajstić information content (AvgIpc) is 2.29. The van der Waals surface area contributed by atoms with Gasteiger partial charge in [0.1, 0.15) is 11.8 Å². The molecule has 0 aliphatic rings. The Morgan fingerprint density at radius 3 is 2.50 bits per heavy atom. The fourth-order valence-corrected chi connectivity index (χ4v) is 2.17. The molecule has 0 fully saturated rings. The van der Waals surface area contributed by atoms with Gasteiger partial charge in [-0.3, -0.25) is 4.79 Å². The third-order valence-corrected chi connectivity index (χ3v) is 2.94. The minimum atomic E-state index is -1.05. The van der Waals surface area contributed by atoms with Crippen LogP contribution in [0, 0.1) is 13.8 Å². The van der Waals surface area contributed by atoms with Crippen molar-refractivity contribution < 1.29 is 14.6 Å². The van der Waals surface area contributed by atoms with Gasteiger partial charge in [-0.1, -0.05) is 17.7 Å². The third kappa shape index (κ3) is 2.80. The van der Waals surface area contributed by atoms with E-state index in [1.165, 1.54) is 0 Å². The summed E-state index contributed by atoms with van der Waals surface area (Å²) in [4.78, 5) is 11.0. The van der Waals surface area contributed by atoms with Gasteiger partial charge >= 0.3 is 5.97 Å². The molecule has 5 heteroatoms. The zero-order chi connectivity index (χ0) is 13.9. The molecule has 0 bridgehead atoms. The van der Waals surface area contributed by atoms with E-state index in [-0.39, 0.29) is 0 Å². The van der Waals surface area contributed by atoms with E-state index < -0.39 is 18.1 Å². The van der Waals surface area contributed by atoms with Crippen LogP contribution in [0.4, 0.5) is 0 Å². The molecule has 2 atom stereocenters. The molecule has 1 rings (SSSR count). The topological polar surface area (TPSA) is 84.6 Å². The monoisotopic (exact) mass is 252 g/mol. The van der Waals surface area contributed by atoms with Gasteiger partial charge in [0.25, 0.3) is 0 Å². The van der Waals surface area contributed by atoms with Crippen LogP contribution in [-0.4, -0.2) is 31.3 Å². The standard InChI is InChI=1S/C13H20N2O3/c1-7-5-8(2)12(18-4)9(6-7)11(15-3)10(14)13(16)17/h5-6,10-11,15H,14H2,1-4H3,(H,16,17). The number of carboxylic acids is 1. The van der Waals surface area contributed by atoms with Crippen LogP contribution in [0.2, 0.25) is 0 Å². The average molecular weight is 252 g/mol. The number of ether oxygens (including phenoxy) is 1. The Balaban J connectivity index is 3.32. The van der Waals surface area contributed by atoms with E-state index >= 15 is 0 Å². The molecule has 0 saturated carbocycles. The van der Waals surface area contributed by atoms with E-state index in [2.05, 4.69) is 5.32 Å². The van der Waals surface area contributed by atoms with Crippen LogP contribution in [0.25, 0.3) is 0 Å². The minimum Gasteiger partial charge on any atom is -0.496 e. The lowest BCUT2D eigenvalue weighted by atomic mass is 9.95. The number of hydrogen-bond donors (Lipinski definition) is 3.